The number of sulfonamides is 1. The van der Waals surface area contributed by atoms with Crippen molar-refractivity contribution in [1.82, 2.24) is 9.97 Å². The van der Waals surface area contributed by atoms with Crippen LogP contribution in [0.4, 0.5) is 5.69 Å². The maximum atomic E-state index is 12.2. The van der Waals surface area contributed by atoms with Crippen molar-refractivity contribution in [2.24, 2.45) is 0 Å². The second-order valence-corrected chi connectivity index (χ2v) is 6.17. The average molecular weight is 348 g/mol. The number of carboxylic acids is 1. The summed E-state index contributed by atoms with van der Waals surface area (Å²) >= 11 is 11.5. The van der Waals surface area contributed by atoms with Crippen molar-refractivity contribution in [3.8, 4) is 0 Å². The van der Waals surface area contributed by atoms with E-state index in [2.05, 4.69) is 14.7 Å². The zero-order valence-corrected chi connectivity index (χ0v) is 12.4. The third kappa shape index (κ3) is 3.41. The fourth-order valence-corrected chi connectivity index (χ4v) is 3.06. The van der Waals surface area contributed by atoms with E-state index in [1.54, 1.807) is 0 Å². The van der Waals surface area contributed by atoms with Gasteiger partial charge in [-0.15, -0.1) is 0 Å². The number of nitrogens with one attached hydrogen (secondary N) is 1. The van der Waals surface area contributed by atoms with E-state index < -0.39 is 16.0 Å². The summed E-state index contributed by atoms with van der Waals surface area (Å²) in [6.45, 7) is 0. The number of aromatic carboxylic acids is 1. The Morgan fingerprint density at radius 1 is 1.19 bits per heavy atom. The molecule has 2 rings (SSSR count). The minimum absolute atomic E-state index is 0.167. The zero-order valence-electron chi connectivity index (χ0n) is 10.1. The number of rotatable bonds is 4. The Balaban J connectivity index is 2.44. The molecule has 0 saturated heterocycles. The summed E-state index contributed by atoms with van der Waals surface area (Å²) in [6, 6.07) is 4.83. The van der Waals surface area contributed by atoms with Crippen LogP contribution in [0, 0.1) is 0 Å². The molecule has 7 nitrogen and oxygen atoms in total. The van der Waals surface area contributed by atoms with Gasteiger partial charge in [0.25, 0.3) is 10.0 Å². The van der Waals surface area contributed by atoms with Gasteiger partial charge in [0.15, 0.2) is 10.3 Å². The molecule has 0 spiro atoms. The van der Waals surface area contributed by atoms with Gasteiger partial charge in [-0.1, -0.05) is 29.3 Å². The largest absolute Gasteiger partial charge is 0.478 e. The van der Waals surface area contributed by atoms with Gasteiger partial charge in [-0.2, -0.15) is 0 Å². The van der Waals surface area contributed by atoms with Crippen molar-refractivity contribution < 1.29 is 18.3 Å². The monoisotopic (exact) mass is 347 g/mol. The number of halogens is 2. The molecule has 0 radical (unpaired) electrons. The lowest BCUT2D eigenvalue weighted by Crippen LogP contribution is -2.15. The maximum absolute atomic E-state index is 12.2. The fraction of sp³-hybridized carbons (Fsp3) is 0. The molecule has 1 aromatic carbocycles. The van der Waals surface area contributed by atoms with Crippen LogP contribution in [0.15, 0.2) is 35.5 Å². The second kappa shape index (κ2) is 5.84. The van der Waals surface area contributed by atoms with Crippen LogP contribution in [0.3, 0.4) is 0 Å². The predicted octanol–water partition coefficient (Wildman–Crippen LogP) is 2.28. The van der Waals surface area contributed by atoms with E-state index in [-0.39, 0.29) is 26.5 Å². The highest BCUT2D eigenvalue weighted by atomic mass is 35.5. The van der Waals surface area contributed by atoms with Crippen molar-refractivity contribution in [3.63, 3.8) is 0 Å². The fourth-order valence-electron chi connectivity index (χ4n) is 1.42. The van der Waals surface area contributed by atoms with E-state index in [9.17, 15) is 13.2 Å². The molecule has 0 unspecified atom stereocenters. The average Bonchev–Trinajstić information content (AvgIpc) is 2.43. The van der Waals surface area contributed by atoms with Crippen LogP contribution in [0.1, 0.15) is 10.4 Å². The van der Waals surface area contributed by atoms with Gasteiger partial charge in [-0.3, -0.25) is 4.72 Å². The van der Waals surface area contributed by atoms with Gasteiger partial charge in [-0.05, 0) is 18.2 Å². The highest BCUT2D eigenvalue weighted by Crippen LogP contribution is 2.28. The number of hydrogen-bond acceptors (Lipinski definition) is 5. The number of benzene rings is 1. The van der Waals surface area contributed by atoms with Gasteiger partial charge >= 0.3 is 5.97 Å². The Hall–Kier alpha value is -1.90. The summed E-state index contributed by atoms with van der Waals surface area (Å²) < 4.78 is 26.5. The zero-order chi connectivity index (χ0) is 15.6. The van der Waals surface area contributed by atoms with Gasteiger partial charge in [0.2, 0.25) is 0 Å². The molecule has 0 aliphatic rings. The molecule has 2 N–H and O–H groups in total. The minimum Gasteiger partial charge on any atom is -0.478 e. The molecule has 0 atom stereocenters. The van der Waals surface area contributed by atoms with Crippen LogP contribution in [-0.4, -0.2) is 29.5 Å². The van der Waals surface area contributed by atoms with Crippen molar-refractivity contribution in [2.75, 3.05) is 4.72 Å². The second-order valence-electron chi connectivity index (χ2n) is 3.77. The number of nitrogens with zero attached hydrogens (tertiary/aromatic N) is 2. The molecule has 0 aliphatic carbocycles. The first-order valence-electron chi connectivity index (χ1n) is 5.33. The van der Waals surface area contributed by atoms with Crippen molar-refractivity contribution in [1.29, 1.82) is 0 Å². The van der Waals surface area contributed by atoms with E-state index in [0.717, 1.165) is 12.4 Å². The Morgan fingerprint density at radius 2 is 1.81 bits per heavy atom. The van der Waals surface area contributed by atoms with Crippen LogP contribution < -0.4 is 4.72 Å². The third-order valence-corrected chi connectivity index (χ3v) is 4.30. The standard InChI is InChI=1S/C11H7Cl2N3O4S/c12-9-8(10(13)15-5-14-9)16-21(19,20)7-3-1-2-6(4-7)11(17)18/h1-5,16H,(H,17,18). The summed E-state index contributed by atoms with van der Waals surface area (Å²) in [5.41, 5.74) is -0.346. The van der Waals surface area contributed by atoms with E-state index in [4.69, 9.17) is 28.3 Å². The smallest absolute Gasteiger partial charge is 0.335 e. The first kappa shape index (κ1) is 15.5. The Bertz CT molecular complexity index is 791. The molecule has 0 amide bonds. The lowest BCUT2D eigenvalue weighted by molar-refractivity contribution is 0.0696. The molecule has 0 fully saturated rings. The third-order valence-electron chi connectivity index (χ3n) is 2.38. The summed E-state index contributed by atoms with van der Waals surface area (Å²) in [6.07, 6.45) is 1.08. The van der Waals surface area contributed by atoms with Gasteiger partial charge < -0.3 is 5.11 Å². The summed E-state index contributed by atoms with van der Waals surface area (Å²) in [5, 5.41) is 8.53. The highest BCUT2D eigenvalue weighted by molar-refractivity contribution is 7.92. The summed E-state index contributed by atoms with van der Waals surface area (Å²) in [5.74, 6) is -1.24. The lowest BCUT2D eigenvalue weighted by atomic mass is 10.2. The number of hydrogen-bond donors (Lipinski definition) is 2. The Labute approximate surface area is 129 Å². The molecule has 10 heteroatoms. The summed E-state index contributed by atoms with van der Waals surface area (Å²) in [4.78, 5) is 17.8. The first-order chi connectivity index (χ1) is 9.81. The molecule has 110 valence electrons. The van der Waals surface area contributed by atoms with Gasteiger partial charge in [0.1, 0.15) is 12.0 Å². The summed E-state index contributed by atoms with van der Waals surface area (Å²) in [7, 11) is -4.08. The van der Waals surface area contributed by atoms with Crippen molar-refractivity contribution >= 4 is 44.9 Å². The molecular formula is C11H7Cl2N3O4S. The number of aromatic nitrogens is 2. The molecule has 0 aliphatic heterocycles. The number of anilines is 1. The van der Waals surface area contributed by atoms with Crippen LogP contribution in [0.25, 0.3) is 0 Å². The normalized spacial score (nSPS) is 11.1. The minimum atomic E-state index is -4.08. The van der Waals surface area contributed by atoms with Gasteiger partial charge in [0, 0.05) is 0 Å². The van der Waals surface area contributed by atoms with Crippen LogP contribution in [0.2, 0.25) is 10.3 Å². The van der Waals surface area contributed by atoms with E-state index in [0.29, 0.717) is 0 Å². The molecule has 0 bridgehead atoms. The Morgan fingerprint density at radius 3 is 2.38 bits per heavy atom. The molecular weight excluding hydrogens is 341 g/mol. The van der Waals surface area contributed by atoms with Crippen LogP contribution in [0.5, 0.6) is 0 Å². The highest BCUT2D eigenvalue weighted by Gasteiger charge is 2.20. The lowest BCUT2D eigenvalue weighted by Gasteiger charge is -2.10. The quantitative estimate of drug-likeness (QED) is 0.821. The first-order valence-corrected chi connectivity index (χ1v) is 7.57. The maximum Gasteiger partial charge on any atom is 0.335 e. The van der Waals surface area contributed by atoms with Crippen LogP contribution in [-0.2, 0) is 10.0 Å². The number of carbonyl (C=O) groups is 1. The van der Waals surface area contributed by atoms with Gasteiger partial charge in [0.05, 0.1) is 10.5 Å². The molecule has 1 aromatic heterocycles. The Kier molecular flexibility index (Phi) is 4.31. The van der Waals surface area contributed by atoms with E-state index in [1.807, 2.05) is 0 Å². The van der Waals surface area contributed by atoms with Crippen molar-refractivity contribution in [2.45, 2.75) is 4.90 Å². The topological polar surface area (TPSA) is 109 Å². The van der Waals surface area contributed by atoms with E-state index >= 15 is 0 Å². The molecule has 21 heavy (non-hydrogen) atoms. The van der Waals surface area contributed by atoms with Crippen molar-refractivity contribution in [3.05, 3.63) is 46.5 Å². The SMILES string of the molecule is O=C(O)c1cccc(S(=O)(=O)Nc2c(Cl)ncnc2Cl)c1. The van der Waals surface area contributed by atoms with Gasteiger partial charge in [-0.25, -0.2) is 23.2 Å². The molecule has 0 saturated carbocycles. The van der Waals surface area contributed by atoms with Crippen LogP contribution >= 0.6 is 23.2 Å². The molecule has 1 heterocycles. The number of carboxylic acid groups (broad SMARTS) is 1. The predicted molar refractivity (Wildman–Crippen MR) is 76.3 cm³/mol. The molecule has 2 aromatic rings. The van der Waals surface area contributed by atoms with E-state index in [1.165, 1.54) is 18.2 Å².